The Morgan fingerprint density at radius 3 is 2.65 bits per heavy atom. The Bertz CT molecular complexity index is 523. The van der Waals surface area contributed by atoms with Crippen LogP contribution in [0.1, 0.15) is 24.4 Å². The summed E-state index contributed by atoms with van der Waals surface area (Å²) in [6.45, 7) is -2.89. The van der Waals surface area contributed by atoms with Gasteiger partial charge in [0.15, 0.2) is 0 Å². The standard InChI is InChI=1S/C12H18F2N2O3S/c1-20(17,18)7-3-6-11(16-15)9-4-2-5-10(8-9)19-12(13)14/h2,4-5,8,11-12,16H,3,6-7,15H2,1H3. The van der Waals surface area contributed by atoms with Crippen LogP contribution in [0.3, 0.4) is 0 Å². The van der Waals surface area contributed by atoms with Crippen molar-refractivity contribution in [3.63, 3.8) is 0 Å². The summed E-state index contributed by atoms with van der Waals surface area (Å²) in [4.78, 5) is 0. The zero-order valence-corrected chi connectivity index (χ0v) is 11.9. The predicted molar refractivity (Wildman–Crippen MR) is 72.1 cm³/mol. The van der Waals surface area contributed by atoms with Crippen molar-refractivity contribution in [3.8, 4) is 5.75 Å². The topological polar surface area (TPSA) is 81.4 Å². The number of hydrogen-bond donors (Lipinski definition) is 2. The molecule has 0 aliphatic carbocycles. The van der Waals surface area contributed by atoms with E-state index in [2.05, 4.69) is 10.2 Å². The number of rotatable bonds is 8. The molecule has 0 aliphatic rings. The highest BCUT2D eigenvalue weighted by Crippen LogP contribution is 2.23. The first-order valence-electron chi connectivity index (χ1n) is 6.00. The molecule has 1 rings (SSSR count). The van der Waals surface area contributed by atoms with Gasteiger partial charge in [-0.05, 0) is 30.5 Å². The molecule has 20 heavy (non-hydrogen) atoms. The van der Waals surface area contributed by atoms with E-state index >= 15 is 0 Å². The van der Waals surface area contributed by atoms with Crippen molar-refractivity contribution < 1.29 is 21.9 Å². The lowest BCUT2D eigenvalue weighted by Crippen LogP contribution is -2.28. The molecule has 5 nitrogen and oxygen atoms in total. The fourth-order valence-corrected chi connectivity index (χ4v) is 2.49. The number of nitrogens with one attached hydrogen (secondary N) is 1. The lowest BCUT2D eigenvalue weighted by molar-refractivity contribution is -0.0499. The van der Waals surface area contributed by atoms with Crippen LogP contribution in [0.5, 0.6) is 5.75 Å². The molecule has 1 atom stereocenters. The molecule has 0 saturated heterocycles. The van der Waals surface area contributed by atoms with Gasteiger partial charge in [0, 0.05) is 18.1 Å². The Kier molecular flexibility index (Phi) is 6.31. The minimum absolute atomic E-state index is 0.0425. The van der Waals surface area contributed by atoms with Gasteiger partial charge in [0.1, 0.15) is 15.6 Å². The van der Waals surface area contributed by atoms with Crippen molar-refractivity contribution >= 4 is 9.84 Å². The van der Waals surface area contributed by atoms with Crippen molar-refractivity contribution in [3.05, 3.63) is 29.8 Å². The van der Waals surface area contributed by atoms with Gasteiger partial charge in [-0.15, -0.1) is 0 Å². The molecule has 0 amide bonds. The van der Waals surface area contributed by atoms with Crippen molar-refractivity contribution in [1.29, 1.82) is 0 Å². The molecule has 0 fully saturated rings. The summed E-state index contributed by atoms with van der Waals surface area (Å²) in [6.07, 6.45) is 2.06. The molecule has 1 aromatic carbocycles. The van der Waals surface area contributed by atoms with Gasteiger partial charge in [-0.25, -0.2) is 8.42 Å². The van der Waals surface area contributed by atoms with Gasteiger partial charge < -0.3 is 4.74 Å². The first-order valence-corrected chi connectivity index (χ1v) is 8.06. The van der Waals surface area contributed by atoms with Crippen LogP contribution in [-0.4, -0.2) is 27.0 Å². The fourth-order valence-electron chi connectivity index (χ4n) is 1.80. The van der Waals surface area contributed by atoms with Gasteiger partial charge in [0.05, 0.1) is 0 Å². The van der Waals surface area contributed by atoms with E-state index in [1.807, 2.05) is 0 Å². The molecule has 1 unspecified atom stereocenters. The number of hydrazine groups is 1. The highest BCUT2D eigenvalue weighted by atomic mass is 32.2. The number of alkyl halides is 2. The summed E-state index contributed by atoms with van der Waals surface area (Å²) < 4.78 is 50.7. The third-order valence-corrected chi connectivity index (χ3v) is 3.72. The monoisotopic (exact) mass is 308 g/mol. The highest BCUT2D eigenvalue weighted by molar-refractivity contribution is 7.90. The highest BCUT2D eigenvalue weighted by Gasteiger charge is 2.13. The number of sulfone groups is 1. The summed E-state index contributed by atoms with van der Waals surface area (Å²) in [6, 6.07) is 5.84. The zero-order chi connectivity index (χ0) is 15.2. The molecule has 0 saturated carbocycles. The summed E-state index contributed by atoms with van der Waals surface area (Å²) in [5.41, 5.74) is 3.21. The van der Waals surface area contributed by atoms with Crippen molar-refractivity contribution in [1.82, 2.24) is 5.43 Å². The zero-order valence-electron chi connectivity index (χ0n) is 11.1. The van der Waals surface area contributed by atoms with Crippen molar-refractivity contribution in [2.45, 2.75) is 25.5 Å². The number of nitrogens with two attached hydrogens (primary N) is 1. The van der Waals surface area contributed by atoms with Gasteiger partial charge in [-0.3, -0.25) is 11.3 Å². The number of halogens is 2. The molecular weight excluding hydrogens is 290 g/mol. The van der Waals surface area contributed by atoms with Gasteiger partial charge in [0.2, 0.25) is 0 Å². The Labute approximate surface area is 117 Å². The maximum atomic E-state index is 12.1. The van der Waals surface area contributed by atoms with E-state index in [9.17, 15) is 17.2 Å². The minimum Gasteiger partial charge on any atom is -0.435 e. The lowest BCUT2D eigenvalue weighted by atomic mass is 10.0. The van der Waals surface area contributed by atoms with Crippen LogP contribution < -0.4 is 16.0 Å². The van der Waals surface area contributed by atoms with Crippen LogP contribution >= 0.6 is 0 Å². The summed E-state index contributed by atoms with van der Waals surface area (Å²) >= 11 is 0. The van der Waals surface area contributed by atoms with Crippen LogP contribution in [0, 0.1) is 0 Å². The second-order valence-corrected chi connectivity index (χ2v) is 6.70. The molecule has 0 bridgehead atoms. The molecule has 1 aromatic rings. The van der Waals surface area contributed by atoms with E-state index in [-0.39, 0.29) is 17.5 Å². The average molecular weight is 308 g/mol. The fraction of sp³-hybridized carbons (Fsp3) is 0.500. The Balaban J connectivity index is 2.69. The van der Waals surface area contributed by atoms with E-state index < -0.39 is 16.4 Å². The Morgan fingerprint density at radius 2 is 2.10 bits per heavy atom. The number of benzene rings is 1. The third-order valence-electron chi connectivity index (χ3n) is 2.69. The van der Waals surface area contributed by atoms with Crippen LogP contribution in [0.2, 0.25) is 0 Å². The average Bonchev–Trinajstić information content (AvgIpc) is 2.33. The first-order chi connectivity index (χ1) is 9.31. The minimum atomic E-state index is -3.03. The van der Waals surface area contributed by atoms with E-state index in [0.717, 1.165) is 6.26 Å². The molecule has 3 N–H and O–H groups in total. The second kappa shape index (κ2) is 7.51. The molecule has 0 spiro atoms. The molecule has 8 heteroatoms. The third kappa shape index (κ3) is 6.27. The van der Waals surface area contributed by atoms with Gasteiger partial charge >= 0.3 is 6.61 Å². The SMILES string of the molecule is CS(=O)(=O)CCCC(NN)c1cccc(OC(F)F)c1. The van der Waals surface area contributed by atoms with Gasteiger partial charge in [0.25, 0.3) is 0 Å². The van der Waals surface area contributed by atoms with Gasteiger partial charge in [-0.2, -0.15) is 8.78 Å². The maximum absolute atomic E-state index is 12.1. The van der Waals surface area contributed by atoms with Crippen LogP contribution in [-0.2, 0) is 9.84 Å². The molecule has 114 valence electrons. The lowest BCUT2D eigenvalue weighted by Gasteiger charge is -2.17. The summed E-state index contributed by atoms with van der Waals surface area (Å²) in [5, 5.41) is 0. The summed E-state index contributed by atoms with van der Waals surface area (Å²) in [7, 11) is -3.03. The van der Waals surface area contributed by atoms with Crippen LogP contribution in [0.4, 0.5) is 8.78 Å². The Morgan fingerprint density at radius 1 is 1.40 bits per heavy atom. The number of ether oxygens (including phenoxy) is 1. The van der Waals surface area contributed by atoms with E-state index in [1.54, 1.807) is 12.1 Å². The quantitative estimate of drug-likeness (QED) is 0.563. The smallest absolute Gasteiger partial charge is 0.387 e. The van der Waals surface area contributed by atoms with Crippen molar-refractivity contribution in [2.24, 2.45) is 5.84 Å². The van der Waals surface area contributed by atoms with E-state index in [1.165, 1.54) is 12.1 Å². The Hall–Kier alpha value is -1.25. The van der Waals surface area contributed by atoms with Crippen LogP contribution in [0.25, 0.3) is 0 Å². The predicted octanol–water partition coefficient (Wildman–Crippen LogP) is 1.62. The molecule has 0 heterocycles. The maximum Gasteiger partial charge on any atom is 0.387 e. The van der Waals surface area contributed by atoms with Crippen LogP contribution in [0.15, 0.2) is 24.3 Å². The first kappa shape index (κ1) is 16.8. The molecule has 0 aromatic heterocycles. The molecule has 0 radical (unpaired) electrons. The number of hydrogen-bond acceptors (Lipinski definition) is 5. The van der Waals surface area contributed by atoms with Crippen molar-refractivity contribution in [2.75, 3.05) is 12.0 Å². The van der Waals surface area contributed by atoms with E-state index in [0.29, 0.717) is 18.4 Å². The summed E-state index contributed by atoms with van der Waals surface area (Å²) in [5.74, 6) is 5.51. The molecule has 0 aliphatic heterocycles. The molecular formula is C12H18F2N2O3S. The second-order valence-electron chi connectivity index (χ2n) is 4.44. The van der Waals surface area contributed by atoms with E-state index in [4.69, 9.17) is 5.84 Å². The normalized spacial score (nSPS) is 13.4. The largest absolute Gasteiger partial charge is 0.435 e. The van der Waals surface area contributed by atoms with Gasteiger partial charge in [-0.1, -0.05) is 12.1 Å².